The topological polar surface area (TPSA) is 43.1 Å². The average Bonchev–Trinajstić information content (AvgIpc) is 2.30. The van der Waals surface area contributed by atoms with Gasteiger partial charge in [0.1, 0.15) is 0 Å². The molecule has 2 nitrogen and oxygen atoms in total. The molecule has 0 saturated carbocycles. The minimum absolute atomic E-state index is 0.282. The van der Waals surface area contributed by atoms with Gasteiger partial charge in [-0.1, -0.05) is 42.5 Å². The minimum atomic E-state index is -0.309. The Labute approximate surface area is 94.7 Å². The van der Waals surface area contributed by atoms with E-state index < -0.39 is 0 Å². The molecule has 0 fully saturated rings. The lowest BCUT2D eigenvalue weighted by Crippen LogP contribution is -2.13. The van der Waals surface area contributed by atoms with Gasteiger partial charge in [0.15, 0.2) is 0 Å². The second-order valence-corrected chi connectivity index (χ2v) is 3.64. The molecule has 2 aromatic carbocycles. The van der Waals surface area contributed by atoms with Crippen LogP contribution in [0.25, 0.3) is 11.1 Å². The van der Waals surface area contributed by atoms with E-state index in [0.717, 1.165) is 16.7 Å². The maximum atomic E-state index is 10.8. The third-order valence-corrected chi connectivity index (χ3v) is 2.35. The van der Waals surface area contributed by atoms with Gasteiger partial charge in [-0.05, 0) is 28.8 Å². The molecule has 0 aliphatic carbocycles. The first-order valence-electron chi connectivity index (χ1n) is 5.09. The zero-order valence-electron chi connectivity index (χ0n) is 8.81. The van der Waals surface area contributed by atoms with Crippen LogP contribution >= 0.6 is 0 Å². The summed E-state index contributed by atoms with van der Waals surface area (Å²) in [5.74, 6) is -0.309. The Bertz CT molecular complexity index is 491. The molecule has 0 spiro atoms. The van der Waals surface area contributed by atoms with Gasteiger partial charge in [0.2, 0.25) is 5.91 Å². The van der Waals surface area contributed by atoms with E-state index in [1.54, 1.807) is 0 Å². The summed E-state index contributed by atoms with van der Waals surface area (Å²) in [4.78, 5) is 10.8. The lowest BCUT2D eigenvalue weighted by Gasteiger charge is -2.03. The zero-order chi connectivity index (χ0) is 11.4. The number of benzene rings is 2. The van der Waals surface area contributed by atoms with Crippen LogP contribution in [0.15, 0.2) is 48.5 Å². The summed E-state index contributed by atoms with van der Waals surface area (Å²) in [5, 5.41) is 0. The predicted molar refractivity (Wildman–Crippen MR) is 63.6 cm³/mol. The molecule has 0 bridgehead atoms. The fourth-order valence-electron chi connectivity index (χ4n) is 1.63. The number of hydrogen-bond donors (Lipinski definition) is 1. The normalized spacial score (nSPS) is 10.0. The van der Waals surface area contributed by atoms with E-state index in [1.807, 2.05) is 48.5 Å². The highest BCUT2D eigenvalue weighted by Gasteiger charge is 2.01. The van der Waals surface area contributed by atoms with E-state index >= 15 is 0 Å². The third-order valence-electron chi connectivity index (χ3n) is 2.35. The Morgan fingerprint density at radius 3 is 2.69 bits per heavy atom. The fourth-order valence-corrected chi connectivity index (χ4v) is 1.63. The van der Waals surface area contributed by atoms with Crippen molar-refractivity contribution in [3.8, 4) is 11.1 Å². The lowest BCUT2D eigenvalue weighted by atomic mass is 10.0. The molecule has 0 atom stereocenters. The maximum absolute atomic E-state index is 10.8. The van der Waals surface area contributed by atoms with Gasteiger partial charge < -0.3 is 5.73 Å². The summed E-state index contributed by atoms with van der Waals surface area (Å²) in [6.45, 7) is 0. The number of carbonyl (C=O) groups excluding carboxylic acids is 1. The van der Waals surface area contributed by atoms with Crippen LogP contribution < -0.4 is 5.73 Å². The molecule has 0 aliphatic rings. The Morgan fingerprint density at radius 2 is 2.00 bits per heavy atom. The van der Waals surface area contributed by atoms with Gasteiger partial charge in [0, 0.05) is 0 Å². The molecule has 0 aromatic heterocycles. The Hall–Kier alpha value is -2.09. The summed E-state index contributed by atoms with van der Waals surface area (Å²) in [5.41, 5.74) is 8.28. The van der Waals surface area contributed by atoms with Gasteiger partial charge in [-0.3, -0.25) is 4.79 Å². The number of rotatable bonds is 3. The Balaban J connectivity index is 2.33. The highest BCUT2D eigenvalue weighted by atomic mass is 16.1. The predicted octanol–water partition coefficient (Wildman–Crippen LogP) is 2.18. The molecule has 1 amide bonds. The van der Waals surface area contributed by atoms with Crippen molar-refractivity contribution in [1.82, 2.24) is 0 Å². The molecule has 2 aromatic rings. The van der Waals surface area contributed by atoms with Crippen LogP contribution in [0.4, 0.5) is 0 Å². The van der Waals surface area contributed by atoms with E-state index in [-0.39, 0.29) is 12.3 Å². The van der Waals surface area contributed by atoms with Crippen LogP contribution in [0.3, 0.4) is 0 Å². The molecule has 2 N–H and O–H groups in total. The molecule has 79 valence electrons. The summed E-state index contributed by atoms with van der Waals surface area (Å²) in [6.07, 6.45) is 0.282. The Kier molecular flexibility index (Phi) is 3.01. The van der Waals surface area contributed by atoms with Crippen LogP contribution in [0, 0.1) is 6.07 Å². The van der Waals surface area contributed by atoms with Crippen molar-refractivity contribution in [2.45, 2.75) is 6.42 Å². The maximum Gasteiger partial charge on any atom is 0.221 e. The highest BCUT2D eigenvalue weighted by Crippen LogP contribution is 2.19. The molecule has 0 unspecified atom stereocenters. The van der Waals surface area contributed by atoms with Crippen LogP contribution in [-0.2, 0) is 11.2 Å². The fraction of sp³-hybridized carbons (Fsp3) is 0.0714. The first kappa shape index (κ1) is 10.4. The first-order chi connectivity index (χ1) is 7.75. The molecular weight excluding hydrogens is 198 g/mol. The van der Waals surface area contributed by atoms with E-state index in [4.69, 9.17) is 5.73 Å². The lowest BCUT2D eigenvalue weighted by molar-refractivity contribution is -0.117. The van der Waals surface area contributed by atoms with Crippen molar-refractivity contribution >= 4 is 5.91 Å². The summed E-state index contributed by atoms with van der Waals surface area (Å²) < 4.78 is 0. The number of amides is 1. The van der Waals surface area contributed by atoms with E-state index in [2.05, 4.69) is 6.07 Å². The van der Waals surface area contributed by atoms with Crippen molar-refractivity contribution in [2.75, 3.05) is 0 Å². The molecule has 1 radical (unpaired) electrons. The van der Waals surface area contributed by atoms with E-state index in [0.29, 0.717) is 0 Å². The Morgan fingerprint density at radius 1 is 1.19 bits per heavy atom. The SMILES string of the molecule is NC(=O)Cc1cccc(-c2c[c]ccc2)c1. The largest absolute Gasteiger partial charge is 0.369 e. The van der Waals surface area contributed by atoms with Crippen molar-refractivity contribution in [2.24, 2.45) is 5.73 Å². The van der Waals surface area contributed by atoms with Gasteiger partial charge in [-0.25, -0.2) is 0 Å². The number of hydrogen-bond acceptors (Lipinski definition) is 1. The average molecular weight is 210 g/mol. The summed E-state index contributed by atoms with van der Waals surface area (Å²) >= 11 is 0. The number of nitrogens with two attached hydrogens (primary N) is 1. The van der Waals surface area contributed by atoms with Crippen LogP contribution in [0.1, 0.15) is 5.56 Å². The molecule has 2 rings (SSSR count). The minimum Gasteiger partial charge on any atom is -0.369 e. The van der Waals surface area contributed by atoms with Crippen LogP contribution in [-0.4, -0.2) is 5.91 Å². The van der Waals surface area contributed by atoms with Crippen molar-refractivity contribution < 1.29 is 4.79 Å². The molecule has 0 aliphatic heterocycles. The first-order valence-corrected chi connectivity index (χ1v) is 5.09. The second kappa shape index (κ2) is 4.62. The van der Waals surface area contributed by atoms with Gasteiger partial charge in [0.25, 0.3) is 0 Å². The smallest absolute Gasteiger partial charge is 0.221 e. The van der Waals surface area contributed by atoms with Gasteiger partial charge in [0.05, 0.1) is 6.42 Å². The number of carbonyl (C=O) groups is 1. The van der Waals surface area contributed by atoms with Crippen LogP contribution in [0.2, 0.25) is 0 Å². The van der Waals surface area contributed by atoms with Gasteiger partial charge >= 0.3 is 0 Å². The highest BCUT2D eigenvalue weighted by molar-refractivity contribution is 5.77. The monoisotopic (exact) mass is 210 g/mol. The standard InChI is InChI=1S/C14H12NO/c15-14(16)10-11-5-4-8-13(9-11)12-6-2-1-3-7-12/h1-2,4-9H,10H2,(H2,15,16). The van der Waals surface area contributed by atoms with Gasteiger partial charge in [-0.15, -0.1) is 0 Å². The molecule has 2 heteroatoms. The molecule has 0 heterocycles. The van der Waals surface area contributed by atoms with Crippen molar-refractivity contribution in [1.29, 1.82) is 0 Å². The zero-order valence-corrected chi connectivity index (χ0v) is 8.81. The summed E-state index contributed by atoms with van der Waals surface area (Å²) in [7, 11) is 0. The van der Waals surface area contributed by atoms with E-state index in [9.17, 15) is 4.79 Å². The number of primary amides is 1. The van der Waals surface area contributed by atoms with Gasteiger partial charge in [-0.2, -0.15) is 0 Å². The second-order valence-electron chi connectivity index (χ2n) is 3.64. The summed E-state index contributed by atoms with van der Waals surface area (Å²) in [6, 6.07) is 18.6. The van der Waals surface area contributed by atoms with Crippen LogP contribution in [0.5, 0.6) is 0 Å². The van der Waals surface area contributed by atoms with E-state index in [1.165, 1.54) is 0 Å². The third kappa shape index (κ3) is 2.48. The van der Waals surface area contributed by atoms with Crippen molar-refractivity contribution in [3.63, 3.8) is 0 Å². The van der Waals surface area contributed by atoms with Crippen molar-refractivity contribution in [3.05, 3.63) is 60.2 Å². The molecule has 0 saturated heterocycles. The molecular formula is C14H12NO. The molecule has 16 heavy (non-hydrogen) atoms. The quantitative estimate of drug-likeness (QED) is 0.829.